The molecule has 2 saturated heterocycles. The Morgan fingerprint density at radius 1 is 1.58 bits per heavy atom. The van der Waals surface area contributed by atoms with E-state index in [1.54, 1.807) is 0 Å². The summed E-state index contributed by atoms with van der Waals surface area (Å²) in [4.78, 5) is 1.49. The standard InChI is InChI=1S/C7H14N2O2S/c1-9-5-7(12(2,10)11)3-6(9)4-8-7/h6,8H,3-5H2,1-2H3/t6-,7-/m0/s1. The summed E-state index contributed by atoms with van der Waals surface area (Å²) in [7, 11) is -0.974. The number of hydrogen-bond donors (Lipinski definition) is 1. The predicted molar refractivity (Wildman–Crippen MR) is 46.6 cm³/mol. The van der Waals surface area contributed by atoms with Crippen molar-refractivity contribution in [2.75, 3.05) is 26.4 Å². The molecule has 2 heterocycles. The summed E-state index contributed by atoms with van der Waals surface area (Å²) in [6, 6.07) is 0.416. The zero-order valence-corrected chi connectivity index (χ0v) is 8.19. The molecule has 0 aromatic carbocycles. The van der Waals surface area contributed by atoms with E-state index in [1.165, 1.54) is 6.26 Å². The van der Waals surface area contributed by atoms with Crippen molar-refractivity contribution in [1.82, 2.24) is 10.2 Å². The van der Waals surface area contributed by atoms with Gasteiger partial charge >= 0.3 is 0 Å². The van der Waals surface area contributed by atoms with E-state index < -0.39 is 14.7 Å². The molecule has 2 atom stereocenters. The first kappa shape index (κ1) is 8.47. The number of nitrogens with zero attached hydrogens (tertiary/aromatic N) is 1. The molecular weight excluding hydrogens is 176 g/mol. The van der Waals surface area contributed by atoms with E-state index in [4.69, 9.17) is 0 Å². The van der Waals surface area contributed by atoms with E-state index in [2.05, 4.69) is 10.2 Å². The normalized spacial score (nSPS) is 42.3. The molecule has 2 bridgehead atoms. The number of nitrogens with one attached hydrogen (secondary N) is 1. The van der Waals surface area contributed by atoms with Crippen LogP contribution in [0.2, 0.25) is 0 Å². The van der Waals surface area contributed by atoms with Gasteiger partial charge in [-0.25, -0.2) is 8.42 Å². The molecule has 0 saturated carbocycles. The Hall–Kier alpha value is -0.130. The minimum absolute atomic E-state index is 0.416. The minimum Gasteiger partial charge on any atom is -0.299 e. The minimum atomic E-state index is -2.96. The van der Waals surface area contributed by atoms with Gasteiger partial charge in [-0.15, -0.1) is 0 Å². The molecule has 0 aromatic heterocycles. The first-order valence-electron chi connectivity index (χ1n) is 4.09. The molecule has 12 heavy (non-hydrogen) atoms. The second-order valence-corrected chi connectivity index (χ2v) is 6.25. The zero-order chi connectivity index (χ0) is 8.98. The number of likely N-dealkylation sites (tertiary alicyclic amines) is 1. The first-order valence-corrected chi connectivity index (χ1v) is 5.99. The fraction of sp³-hybridized carbons (Fsp3) is 1.00. The van der Waals surface area contributed by atoms with Gasteiger partial charge < -0.3 is 0 Å². The van der Waals surface area contributed by atoms with Crippen molar-refractivity contribution in [2.24, 2.45) is 0 Å². The molecular formula is C7H14N2O2S. The van der Waals surface area contributed by atoms with Crippen LogP contribution in [0, 0.1) is 0 Å². The lowest BCUT2D eigenvalue weighted by Gasteiger charge is -2.29. The Balaban J connectivity index is 2.36. The van der Waals surface area contributed by atoms with Gasteiger partial charge in [0.25, 0.3) is 0 Å². The number of piperazine rings is 1. The third-order valence-electron chi connectivity index (χ3n) is 3.06. The zero-order valence-electron chi connectivity index (χ0n) is 7.37. The van der Waals surface area contributed by atoms with Crippen LogP contribution >= 0.6 is 0 Å². The molecule has 2 fully saturated rings. The summed E-state index contributed by atoms with van der Waals surface area (Å²) in [5, 5.41) is 3.11. The van der Waals surface area contributed by atoms with Crippen LogP contribution in [0.1, 0.15) is 6.42 Å². The van der Waals surface area contributed by atoms with E-state index in [1.807, 2.05) is 7.05 Å². The van der Waals surface area contributed by atoms with Gasteiger partial charge in [-0.2, -0.15) is 0 Å². The number of hydrogen-bond acceptors (Lipinski definition) is 4. The number of sulfone groups is 1. The monoisotopic (exact) mass is 190 g/mol. The number of fused-ring (bicyclic) bond motifs is 2. The van der Waals surface area contributed by atoms with E-state index in [9.17, 15) is 8.42 Å². The van der Waals surface area contributed by atoms with Crippen LogP contribution in [0.3, 0.4) is 0 Å². The molecule has 70 valence electrons. The van der Waals surface area contributed by atoms with Crippen molar-refractivity contribution >= 4 is 9.84 Å². The highest BCUT2D eigenvalue weighted by Crippen LogP contribution is 2.35. The Morgan fingerprint density at radius 2 is 2.25 bits per heavy atom. The summed E-state index contributed by atoms with van der Waals surface area (Å²) in [6.45, 7) is 1.44. The second-order valence-electron chi connectivity index (χ2n) is 3.92. The molecule has 5 heteroatoms. The largest absolute Gasteiger partial charge is 0.299 e. The summed E-state index contributed by atoms with van der Waals surface area (Å²) in [6.07, 6.45) is 2.07. The molecule has 2 aliphatic rings. The lowest BCUT2D eigenvalue weighted by Crippen LogP contribution is -2.54. The fourth-order valence-corrected chi connectivity index (χ4v) is 3.47. The van der Waals surface area contributed by atoms with Crippen LogP contribution in [-0.4, -0.2) is 50.6 Å². The maximum Gasteiger partial charge on any atom is 0.167 e. The molecule has 0 amide bonds. The van der Waals surface area contributed by atoms with Crippen LogP contribution in [0.5, 0.6) is 0 Å². The van der Waals surface area contributed by atoms with Crippen LogP contribution in [0.4, 0.5) is 0 Å². The third kappa shape index (κ3) is 0.932. The van der Waals surface area contributed by atoms with Gasteiger partial charge in [0.15, 0.2) is 9.84 Å². The molecule has 0 radical (unpaired) electrons. The Morgan fingerprint density at radius 3 is 2.50 bits per heavy atom. The summed E-state index contributed by atoms with van der Waals surface area (Å²) < 4.78 is 22.9. The average molecular weight is 190 g/mol. The highest BCUT2D eigenvalue weighted by molar-refractivity contribution is 7.92. The average Bonchev–Trinajstić information content (AvgIpc) is 2.42. The van der Waals surface area contributed by atoms with Gasteiger partial charge in [-0.05, 0) is 13.5 Å². The lowest BCUT2D eigenvalue weighted by atomic mass is 10.2. The topological polar surface area (TPSA) is 49.4 Å². The fourth-order valence-electron chi connectivity index (χ4n) is 2.19. The van der Waals surface area contributed by atoms with Gasteiger partial charge in [0.1, 0.15) is 4.87 Å². The Kier molecular flexibility index (Phi) is 1.56. The molecule has 0 spiro atoms. The maximum atomic E-state index is 11.5. The van der Waals surface area contributed by atoms with Crippen molar-refractivity contribution in [1.29, 1.82) is 0 Å². The van der Waals surface area contributed by atoms with E-state index in [0.29, 0.717) is 12.6 Å². The van der Waals surface area contributed by atoms with Gasteiger partial charge in [0.2, 0.25) is 0 Å². The molecule has 2 rings (SSSR count). The number of rotatable bonds is 1. The van der Waals surface area contributed by atoms with Crippen LogP contribution in [0.25, 0.3) is 0 Å². The first-order chi connectivity index (χ1) is 5.45. The van der Waals surface area contributed by atoms with Gasteiger partial charge in [-0.1, -0.05) is 0 Å². The summed E-state index contributed by atoms with van der Waals surface area (Å²) in [5.74, 6) is 0. The quantitative estimate of drug-likeness (QED) is 0.578. The lowest BCUT2D eigenvalue weighted by molar-refractivity contribution is 0.265. The summed E-state index contributed by atoms with van der Waals surface area (Å²) >= 11 is 0. The molecule has 0 aliphatic carbocycles. The van der Waals surface area contributed by atoms with Gasteiger partial charge in [-0.3, -0.25) is 10.2 Å². The molecule has 0 aromatic rings. The Bertz CT molecular complexity index is 297. The third-order valence-corrected chi connectivity index (χ3v) is 4.92. The second kappa shape index (κ2) is 2.21. The van der Waals surface area contributed by atoms with Gasteiger partial charge in [0.05, 0.1) is 0 Å². The molecule has 4 nitrogen and oxygen atoms in total. The maximum absolute atomic E-state index is 11.5. The van der Waals surface area contributed by atoms with E-state index in [-0.39, 0.29) is 0 Å². The molecule has 2 aliphatic heterocycles. The highest BCUT2D eigenvalue weighted by Gasteiger charge is 2.54. The summed E-state index contributed by atoms with van der Waals surface area (Å²) in [5.41, 5.74) is 0. The van der Waals surface area contributed by atoms with Crippen molar-refractivity contribution in [3.63, 3.8) is 0 Å². The van der Waals surface area contributed by atoms with Crippen molar-refractivity contribution in [3.05, 3.63) is 0 Å². The van der Waals surface area contributed by atoms with Crippen LogP contribution in [-0.2, 0) is 9.84 Å². The van der Waals surface area contributed by atoms with Crippen molar-refractivity contribution in [2.45, 2.75) is 17.3 Å². The SMILES string of the molecule is CN1C[C@@]2(S(C)(=O)=O)C[C@H]1CN2. The van der Waals surface area contributed by atoms with E-state index >= 15 is 0 Å². The van der Waals surface area contributed by atoms with Crippen molar-refractivity contribution < 1.29 is 8.42 Å². The van der Waals surface area contributed by atoms with Crippen LogP contribution < -0.4 is 5.32 Å². The van der Waals surface area contributed by atoms with Gasteiger partial charge in [0, 0.05) is 25.4 Å². The smallest absolute Gasteiger partial charge is 0.167 e. The van der Waals surface area contributed by atoms with Crippen molar-refractivity contribution in [3.8, 4) is 0 Å². The molecule has 1 N–H and O–H groups in total. The number of likely N-dealkylation sites (N-methyl/N-ethyl adjacent to an activating group) is 1. The Labute approximate surface area is 72.9 Å². The molecule has 0 unspecified atom stereocenters. The van der Waals surface area contributed by atoms with E-state index in [0.717, 1.165) is 13.0 Å². The highest BCUT2D eigenvalue weighted by atomic mass is 32.2. The van der Waals surface area contributed by atoms with Crippen LogP contribution in [0.15, 0.2) is 0 Å². The predicted octanol–water partition coefficient (Wildman–Crippen LogP) is -0.965.